The molecule has 0 radical (unpaired) electrons. The second kappa shape index (κ2) is 4.64. The summed E-state index contributed by atoms with van der Waals surface area (Å²) < 4.78 is 0. The summed E-state index contributed by atoms with van der Waals surface area (Å²) >= 11 is 0. The van der Waals surface area contributed by atoms with Crippen molar-refractivity contribution in [1.82, 2.24) is 10.6 Å². The maximum atomic E-state index is 11.2. The van der Waals surface area contributed by atoms with E-state index < -0.39 is 0 Å². The first kappa shape index (κ1) is 9.77. The Labute approximate surface area is 77.4 Å². The topological polar surface area (TPSA) is 58.2 Å². The van der Waals surface area contributed by atoms with Crippen LogP contribution in [0.2, 0.25) is 0 Å². The molecule has 0 aromatic carbocycles. The van der Waals surface area contributed by atoms with Crippen molar-refractivity contribution in [3.63, 3.8) is 0 Å². The lowest BCUT2D eigenvalue weighted by molar-refractivity contribution is -0.129. The Bertz CT molecular complexity index is 228. The third-order valence-corrected chi connectivity index (χ3v) is 1.97. The number of hydrogen-bond donors (Lipinski definition) is 2. The molecule has 0 spiro atoms. The third kappa shape index (κ3) is 3.27. The number of carbonyl (C=O) groups excluding carboxylic acids is 2. The van der Waals surface area contributed by atoms with E-state index in [2.05, 4.69) is 10.6 Å². The van der Waals surface area contributed by atoms with Crippen molar-refractivity contribution in [2.24, 2.45) is 0 Å². The number of rotatable bonds is 3. The van der Waals surface area contributed by atoms with Crippen molar-refractivity contribution in [2.75, 3.05) is 7.05 Å². The molecule has 72 valence electrons. The molecular formula is C9H14N2O2. The molecule has 0 aromatic heterocycles. The van der Waals surface area contributed by atoms with E-state index in [1.807, 2.05) is 12.2 Å². The van der Waals surface area contributed by atoms with Crippen LogP contribution in [0.25, 0.3) is 0 Å². The molecule has 0 bridgehead atoms. The second-order valence-corrected chi connectivity index (χ2v) is 3.06. The van der Waals surface area contributed by atoms with Gasteiger partial charge in [-0.2, -0.15) is 0 Å². The van der Waals surface area contributed by atoms with E-state index in [0.717, 1.165) is 12.8 Å². The Morgan fingerprint density at radius 2 is 1.92 bits per heavy atom. The molecule has 1 aliphatic rings. The van der Waals surface area contributed by atoms with Crippen LogP contribution < -0.4 is 10.6 Å². The van der Waals surface area contributed by atoms with Crippen LogP contribution in [-0.2, 0) is 9.59 Å². The number of hydrogen-bond acceptors (Lipinski definition) is 2. The Balaban J connectivity index is 2.21. The van der Waals surface area contributed by atoms with E-state index in [1.54, 1.807) is 0 Å². The molecule has 0 aromatic rings. The minimum Gasteiger partial charge on any atom is -0.359 e. The Kier molecular flexibility index (Phi) is 3.49. The first-order chi connectivity index (χ1) is 6.22. The van der Waals surface area contributed by atoms with Gasteiger partial charge in [0.05, 0.1) is 0 Å². The molecule has 13 heavy (non-hydrogen) atoms. The number of amides is 2. The van der Waals surface area contributed by atoms with Gasteiger partial charge in [0.25, 0.3) is 0 Å². The van der Waals surface area contributed by atoms with Gasteiger partial charge in [-0.15, -0.1) is 0 Å². The van der Waals surface area contributed by atoms with E-state index in [9.17, 15) is 9.59 Å². The first-order valence-corrected chi connectivity index (χ1v) is 4.37. The van der Waals surface area contributed by atoms with Gasteiger partial charge in [0.1, 0.15) is 6.42 Å². The fraction of sp³-hybridized carbons (Fsp3) is 0.556. The normalized spacial score (nSPS) is 15.8. The lowest BCUT2D eigenvalue weighted by Gasteiger charge is -2.10. The molecule has 0 aliphatic heterocycles. The maximum absolute atomic E-state index is 11.2. The van der Waals surface area contributed by atoms with E-state index in [0.29, 0.717) is 0 Å². The molecule has 4 nitrogen and oxygen atoms in total. The SMILES string of the molecule is CNC(=O)CC(=O)NC1CC=CC1. The van der Waals surface area contributed by atoms with Crippen LogP contribution in [0.3, 0.4) is 0 Å². The fourth-order valence-electron chi connectivity index (χ4n) is 1.25. The highest BCUT2D eigenvalue weighted by Crippen LogP contribution is 2.08. The van der Waals surface area contributed by atoms with Crippen molar-refractivity contribution in [3.05, 3.63) is 12.2 Å². The lowest BCUT2D eigenvalue weighted by atomic mass is 10.2. The minimum atomic E-state index is -0.247. The van der Waals surface area contributed by atoms with Gasteiger partial charge in [0, 0.05) is 13.1 Å². The lowest BCUT2D eigenvalue weighted by Crippen LogP contribution is -2.36. The van der Waals surface area contributed by atoms with Gasteiger partial charge < -0.3 is 10.6 Å². The maximum Gasteiger partial charge on any atom is 0.229 e. The third-order valence-electron chi connectivity index (χ3n) is 1.97. The molecule has 0 saturated heterocycles. The van der Waals surface area contributed by atoms with Crippen LogP contribution in [-0.4, -0.2) is 24.9 Å². The van der Waals surface area contributed by atoms with Crippen LogP contribution in [0, 0.1) is 0 Å². The smallest absolute Gasteiger partial charge is 0.229 e. The summed E-state index contributed by atoms with van der Waals surface area (Å²) in [7, 11) is 1.52. The van der Waals surface area contributed by atoms with E-state index in [1.165, 1.54) is 7.05 Å². The average Bonchev–Trinajstić information content (AvgIpc) is 2.56. The zero-order valence-corrected chi connectivity index (χ0v) is 7.67. The summed E-state index contributed by atoms with van der Waals surface area (Å²) in [6.45, 7) is 0. The zero-order valence-electron chi connectivity index (χ0n) is 7.67. The quantitative estimate of drug-likeness (QED) is 0.475. The van der Waals surface area contributed by atoms with E-state index in [-0.39, 0.29) is 24.3 Å². The molecule has 1 rings (SSSR count). The van der Waals surface area contributed by atoms with Crippen molar-refractivity contribution >= 4 is 11.8 Å². The van der Waals surface area contributed by atoms with Crippen molar-refractivity contribution < 1.29 is 9.59 Å². The predicted molar refractivity (Wildman–Crippen MR) is 49.0 cm³/mol. The summed E-state index contributed by atoms with van der Waals surface area (Å²) in [6, 6.07) is 0.192. The van der Waals surface area contributed by atoms with Gasteiger partial charge in [-0.1, -0.05) is 12.2 Å². The van der Waals surface area contributed by atoms with Crippen LogP contribution in [0.15, 0.2) is 12.2 Å². The van der Waals surface area contributed by atoms with Crippen LogP contribution in [0.5, 0.6) is 0 Å². The Morgan fingerprint density at radius 3 is 2.46 bits per heavy atom. The molecule has 0 fully saturated rings. The largest absolute Gasteiger partial charge is 0.359 e. The highest BCUT2D eigenvalue weighted by Gasteiger charge is 2.14. The van der Waals surface area contributed by atoms with E-state index >= 15 is 0 Å². The molecular weight excluding hydrogens is 168 g/mol. The van der Waals surface area contributed by atoms with Gasteiger partial charge in [-0.25, -0.2) is 0 Å². The molecule has 0 unspecified atom stereocenters. The van der Waals surface area contributed by atoms with Gasteiger partial charge in [0.15, 0.2) is 0 Å². The standard InChI is InChI=1S/C9H14N2O2/c1-10-8(12)6-9(13)11-7-4-2-3-5-7/h2-3,7H,4-6H2,1H3,(H,10,12)(H,11,13). The first-order valence-electron chi connectivity index (χ1n) is 4.37. The van der Waals surface area contributed by atoms with Crippen LogP contribution in [0.1, 0.15) is 19.3 Å². The van der Waals surface area contributed by atoms with Crippen LogP contribution >= 0.6 is 0 Å². The molecule has 1 aliphatic carbocycles. The average molecular weight is 182 g/mol. The highest BCUT2D eigenvalue weighted by molar-refractivity contribution is 5.96. The molecule has 2 amide bonds. The Morgan fingerprint density at radius 1 is 1.31 bits per heavy atom. The van der Waals surface area contributed by atoms with Gasteiger partial charge in [-0.05, 0) is 12.8 Å². The monoisotopic (exact) mass is 182 g/mol. The van der Waals surface area contributed by atoms with Crippen molar-refractivity contribution in [1.29, 1.82) is 0 Å². The van der Waals surface area contributed by atoms with Gasteiger partial charge in [0.2, 0.25) is 11.8 Å². The molecule has 0 atom stereocenters. The minimum absolute atomic E-state index is 0.0764. The van der Waals surface area contributed by atoms with Crippen LogP contribution in [0.4, 0.5) is 0 Å². The summed E-state index contributed by atoms with van der Waals surface area (Å²) in [5.74, 6) is -0.448. The molecule has 4 heteroatoms. The summed E-state index contributed by atoms with van der Waals surface area (Å²) in [6.07, 6.45) is 5.74. The zero-order chi connectivity index (χ0) is 9.68. The molecule has 0 saturated carbocycles. The predicted octanol–water partition coefficient (Wildman–Crippen LogP) is -0.0427. The molecule has 0 heterocycles. The Hall–Kier alpha value is -1.32. The summed E-state index contributed by atoms with van der Waals surface area (Å²) in [4.78, 5) is 22.0. The highest BCUT2D eigenvalue weighted by atomic mass is 16.2. The van der Waals surface area contributed by atoms with Crippen molar-refractivity contribution in [2.45, 2.75) is 25.3 Å². The van der Waals surface area contributed by atoms with Gasteiger partial charge in [-0.3, -0.25) is 9.59 Å². The van der Waals surface area contributed by atoms with Gasteiger partial charge >= 0.3 is 0 Å². The number of carbonyl (C=O) groups is 2. The fourth-order valence-corrected chi connectivity index (χ4v) is 1.25. The molecule has 2 N–H and O–H groups in total. The summed E-state index contributed by atoms with van der Waals surface area (Å²) in [5, 5.41) is 5.19. The van der Waals surface area contributed by atoms with Crippen molar-refractivity contribution in [3.8, 4) is 0 Å². The second-order valence-electron chi connectivity index (χ2n) is 3.06. The summed E-state index contributed by atoms with van der Waals surface area (Å²) in [5.41, 5.74) is 0. The van der Waals surface area contributed by atoms with E-state index in [4.69, 9.17) is 0 Å². The number of nitrogens with one attached hydrogen (secondary N) is 2.